The first-order valence-electron chi connectivity index (χ1n) is 8.63. The third-order valence-corrected chi connectivity index (χ3v) is 5.15. The van der Waals surface area contributed by atoms with Gasteiger partial charge in [-0.15, -0.1) is 21.8 Å². The van der Waals surface area contributed by atoms with Gasteiger partial charge in [0, 0.05) is 11.8 Å². The minimum Gasteiger partial charge on any atom is -0.344 e. The van der Waals surface area contributed by atoms with E-state index in [9.17, 15) is 26.3 Å². The van der Waals surface area contributed by atoms with Gasteiger partial charge in [0.1, 0.15) is 0 Å². The molecule has 13 heteroatoms. The molecule has 0 amide bonds. The average molecular weight is 461 g/mol. The van der Waals surface area contributed by atoms with Gasteiger partial charge in [0.05, 0.1) is 23.5 Å². The topological polar surface area (TPSA) is 68.0 Å². The van der Waals surface area contributed by atoms with E-state index in [1.807, 2.05) is 0 Å². The third-order valence-electron chi connectivity index (χ3n) is 4.57. The van der Waals surface area contributed by atoms with Crippen molar-refractivity contribution >= 4 is 23.2 Å². The number of aromatic nitrogens is 5. The molecule has 162 valence electrons. The number of fused-ring (bicyclic) bond motifs is 1. The highest BCUT2D eigenvalue weighted by atomic mass is 35.5. The van der Waals surface area contributed by atoms with Crippen LogP contribution in [-0.4, -0.2) is 41.9 Å². The number of alkyl halides is 7. The molecule has 0 aromatic carbocycles. The monoisotopic (exact) mass is 460 g/mol. The van der Waals surface area contributed by atoms with Gasteiger partial charge in [0.2, 0.25) is 5.95 Å². The summed E-state index contributed by atoms with van der Waals surface area (Å²) in [6.07, 6.45) is -2.55. The summed E-state index contributed by atoms with van der Waals surface area (Å²) in [5.41, 5.74) is -1.31. The summed E-state index contributed by atoms with van der Waals surface area (Å²) in [5, 5.41) is 14.0. The standard InChI is InChI=1S/C18H11ClF6N6/c19-16(18(23,24)25)6-2-1-5-12(16)28-15-30-29-13-8-10(9-27-31(13)15)14-11(17(20,21)22)4-3-7-26-14/h1-9,12H,(H,28,30). The lowest BCUT2D eigenvalue weighted by Gasteiger charge is -2.34. The first-order valence-corrected chi connectivity index (χ1v) is 9.01. The van der Waals surface area contributed by atoms with Gasteiger partial charge in [-0.2, -0.15) is 36.0 Å². The molecule has 1 aliphatic rings. The first-order chi connectivity index (χ1) is 14.5. The molecule has 3 aromatic rings. The van der Waals surface area contributed by atoms with E-state index in [-0.39, 0.29) is 22.9 Å². The molecule has 31 heavy (non-hydrogen) atoms. The Hall–Kier alpha value is -3.15. The van der Waals surface area contributed by atoms with Gasteiger partial charge in [0.25, 0.3) is 0 Å². The summed E-state index contributed by atoms with van der Waals surface area (Å²) in [7, 11) is 0. The van der Waals surface area contributed by atoms with Crippen LogP contribution in [0.15, 0.2) is 54.9 Å². The van der Waals surface area contributed by atoms with Gasteiger partial charge >= 0.3 is 12.4 Å². The Morgan fingerprint density at radius 2 is 1.87 bits per heavy atom. The Kier molecular flexibility index (Phi) is 4.91. The summed E-state index contributed by atoms with van der Waals surface area (Å²) in [6.45, 7) is 0. The minimum absolute atomic E-state index is 0.00119. The SMILES string of the molecule is FC(F)(F)c1cccnc1-c1cnn2c(NC3C=CC=CC3(Cl)C(F)(F)F)nnc2c1. The van der Waals surface area contributed by atoms with Crippen molar-refractivity contribution in [1.29, 1.82) is 0 Å². The second-order valence-electron chi connectivity index (χ2n) is 6.57. The van der Waals surface area contributed by atoms with Crippen LogP contribution in [0.1, 0.15) is 5.56 Å². The van der Waals surface area contributed by atoms with Gasteiger partial charge in [-0.3, -0.25) is 4.98 Å². The van der Waals surface area contributed by atoms with E-state index in [0.717, 1.165) is 28.9 Å². The van der Waals surface area contributed by atoms with Crippen LogP contribution in [0.25, 0.3) is 16.9 Å². The minimum atomic E-state index is -4.78. The summed E-state index contributed by atoms with van der Waals surface area (Å²) in [4.78, 5) is 1.04. The van der Waals surface area contributed by atoms with E-state index >= 15 is 0 Å². The number of hydrogen-bond acceptors (Lipinski definition) is 5. The fraction of sp³-hybridized carbons (Fsp3) is 0.222. The molecule has 0 saturated carbocycles. The Bertz CT molecular complexity index is 1180. The highest BCUT2D eigenvalue weighted by Gasteiger charge is 2.57. The van der Waals surface area contributed by atoms with E-state index in [4.69, 9.17) is 11.6 Å². The van der Waals surface area contributed by atoms with Gasteiger partial charge in [-0.05, 0) is 18.2 Å². The number of anilines is 1. The average Bonchev–Trinajstić information content (AvgIpc) is 3.10. The normalized spacial score (nSPS) is 21.6. The predicted octanol–water partition coefficient (Wildman–Crippen LogP) is 4.65. The Labute approximate surface area is 175 Å². The molecule has 0 radical (unpaired) electrons. The van der Waals surface area contributed by atoms with Gasteiger partial charge < -0.3 is 5.32 Å². The first kappa shape index (κ1) is 21.1. The van der Waals surface area contributed by atoms with Crippen LogP contribution >= 0.6 is 11.6 Å². The molecule has 3 heterocycles. The number of allylic oxidation sites excluding steroid dienone is 2. The Morgan fingerprint density at radius 1 is 1.10 bits per heavy atom. The van der Waals surface area contributed by atoms with Gasteiger partial charge in [-0.25, -0.2) is 0 Å². The second kappa shape index (κ2) is 7.22. The number of nitrogens with zero attached hydrogens (tertiary/aromatic N) is 5. The second-order valence-corrected chi connectivity index (χ2v) is 7.19. The van der Waals surface area contributed by atoms with Crippen LogP contribution in [0, 0.1) is 0 Å². The molecule has 0 saturated heterocycles. The maximum Gasteiger partial charge on any atom is 0.418 e. The molecule has 2 atom stereocenters. The summed E-state index contributed by atoms with van der Waals surface area (Å²) < 4.78 is 81.3. The van der Waals surface area contributed by atoms with Crippen molar-refractivity contribution in [2.45, 2.75) is 23.3 Å². The quantitative estimate of drug-likeness (QED) is 0.455. The molecule has 2 unspecified atom stereocenters. The number of hydrogen-bond donors (Lipinski definition) is 1. The lowest BCUT2D eigenvalue weighted by molar-refractivity contribution is -0.151. The highest BCUT2D eigenvalue weighted by Crippen LogP contribution is 2.43. The molecule has 0 spiro atoms. The van der Waals surface area contributed by atoms with Crippen molar-refractivity contribution in [3.8, 4) is 11.3 Å². The van der Waals surface area contributed by atoms with Crippen molar-refractivity contribution in [2.24, 2.45) is 0 Å². The lowest BCUT2D eigenvalue weighted by atomic mass is 9.93. The van der Waals surface area contributed by atoms with E-state index in [2.05, 4.69) is 25.6 Å². The molecular formula is C18H11ClF6N6. The van der Waals surface area contributed by atoms with Crippen LogP contribution in [0.3, 0.4) is 0 Å². The van der Waals surface area contributed by atoms with Gasteiger partial charge in [-0.1, -0.05) is 24.3 Å². The van der Waals surface area contributed by atoms with Crippen LogP contribution in [-0.2, 0) is 6.18 Å². The molecular weight excluding hydrogens is 450 g/mol. The zero-order valence-electron chi connectivity index (χ0n) is 15.2. The van der Waals surface area contributed by atoms with Gasteiger partial charge in [0.15, 0.2) is 10.5 Å². The van der Waals surface area contributed by atoms with Crippen LogP contribution in [0.2, 0.25) is 0 Å². The van der Waals surface area contributed by atoms with Crippen molar-refractivity contribution < 1.29 is 26.3 Å². The molecule has 0 fully saturated rings. The van der Waals surface area contributed by atoms with Crippen molar-refractivity contribution in [1.82, 2.24) is 24.8 Å². The van der Waals surface area contributed by atoms with E-state index in [1.54, 1.807) is 0 Å². The zero-order valence-corrected chi connectivity index (χ0v) is 15.9. The van der Waals surface area contributed by atoms with Crippen LogP contribution < -0.4 is 5.32 Å². The molecule has 0 bridgehead atoms. The van der Waals surface area contributed by atoms with E-state index in [0.29, 0.717) is 0 Å². The van der Waals surface area contributed by atoms with Crippen molar-refractivity contribution in [2.75, 3.05) is 5.32 Å². The Balaban J connectivity index is 1.70. The van der Waals surface area contributed by atoms with Crippen LogP contribution in [0.4, 0.5) is 32.3 Å². The maximum atomic E-state index is 13.5. The Morgan fingerprint density at radius 3 is 2.58 bits per heavy atom. The molecule has 0 aliphatic heterocycles. The van der Waals surface area contributed by atoms with Crippen LogP contribution in [0.5, 0.6) is 0 Å². The van der Waals surface area contributed by atoms with E-state index < -0.39 is 28.8 Å². The largest absolute Gasteiger partial charge is 0.418 e. The molecule has 1 aliphatic carbocycles. The summed E-state index contributed by atoms with van der Waals surface area (Å²) >= 11 is 5.83. The van der Waals surface area contributed by atoms with Crippen molar-refractivity contribution in [3.63, 3.8) is 0 Å². The molecule has 1 N–H and O–H groups in total. The molecule has 4 rings (SSSR count). The fourth-order valence-corrected chi connectivity index (χ4v) is 3.25. The zero-order chi connectivity index (χ0) is 22.4. The highest BCUT2D eigenvalue weighted by molar-refractivity contribution is 6.27. The summed E-state index contributed by atoms with van der Waals surface area (Å²) in [5.74, 6) is -0.169. The number of halogens is 7. The van der Waals surface area contributed by atoms with Crippen molar-refractivity contribution in [3.05, 3.63) is 60.5 Å². The predicted molar refractivity (Wildman–Crippen MR) is 99.3 cm³/mol. The lowest BCUT2D eigenvalue weighted by Crippen LogP contribution is -2.52. The van der Waals surface area contributed by atoms with E-state index in [1.165, 1.54) is 30.5 Å². The molecule has 3 aromatic heterocycles. The smallest absolute Gasteiger partial charge is 0.344 e. The molecule has 6 nitrogen and oxygen atoms in total. The number of pyridine rings is 1. The number of nitrogens with one attached hydrogen (secondary N) is 1. The summed E-state index contributed by atoms with van der Waals surface area (Å²) in [6, 6.07) is 1.85. The fourth-order valence-electron chi connectivity index (χ4n) is 3.05. The maximum absolute atomic E-state index is 13.5. The number of rotatable bonds is 3. The third kappa shape index (κ3) is 3.71.